The van der Waals surface area contributed by atoms with Crippen LogP contribution in [0.2, 0.25) is 0 Å². The Labute approximate surface area is 120 Å². The molecule has 4 heteroatoms. The van der Waals surface area contributed by atoms with Gasteiger partial charge in [0.05, 0.1) is 0 Å². The lowest BCUT2D eigenvalue weighted by Gasteiger charge is -2.07. The van der Waals surface area contributed by atoms with Crippen LogP contribution in [0, 0.1) is 6.92 Å². The van der Waals surface area contributed by atoms with Crippen LogP contribution in [0.5, 0.6) is 5.75 Å². The molecule has 0 radical (unpaired) electrons. The summed E-state index contributed by atoms with van der Waals surface area (Å²) < 4.78 is 6.13. The first-order chi connectivity index (χ1) is 9.06. The van der Waals surface area contributed by atoms with Gasteiger partial charge in [-0.25, -0.2) is 4.79 Å². The second-order valence-corrected chi connectivity index (χ2v) is 5.14. The van der Waals surface area contributed by atoms with E-state index in [-0.39, 0.29) is 17.9 Å². The van der Waals surface area contributed by atoms with Crippen molar-refractivity contribution in [2.75, 3.05) is 0 Å². The molecule has 0 saturated heterocycles. The Morgan fingerprint density at radius 3 is 2.53 bits per heavy atom. The Morgan fingerprint density at radius 1 is 1.21 bits per heavy atom. The molecular weight excluding hydrogens is 308 g/mol. The van der Waals surface area contributed by atoms with Crippen LogP contribution in [-0.4, -0.2) is 11.1 Å². The zero-order chi connectivity index (χ0) is 13.8. The van der Waals surface area contributed by atoms with Gasteiger partial charge in [-0.05, 0) is 42.3 Å². The predicted molar refractivity (Wildman–Crippen MR) is 76.1 cm³/mol. The molecule has 0 saturated carbocycles. The number of halogens is 1. The summed E-state index contributed by atoms with van der Waals surface area (Å²) in [5.41, 5.74) is 1.97. The molecular formula is C15H13BrO3. The third kappa shape index (κ3) is 3.58. The topological polar surface area (TPSA) is 46.5 Å². The van der Waals surface area contributed by atoms with Gasteiger partial charge in [0.25, 0.3) is 0 Å². The summed E-state index contributed by atoms with van der Waals surface area (Å²) in [6, 6.07) is 12.4. The molecule has 0 bridgehead atoms. The van der Waals surface area contributed by atoms with E-state index in [0.717, 1.165) is 15.6 Å². The molecule has 0 spiro atoms. The SMILES string of the molecule is Cc1ccc(C(=O)OCc2ccc(Br)cc2)c(O)c1. The Balaban J connectivity index is 2.03. The Morgan fingerprint density at radius 2 is 1.89 bits per heavy atom. The smallest absolute Gasteiger partial charge is 0.342 e. The molecule has 3 nitrogen and oxygen atoms in total. The van der Waals surface area contributed by atoms with Crippen molar-refractivity contribution in [3.05, 3.63) is 63.6 Å². The highest BCUT2D eigenvalue weighted by atomic mass is 79.9. The van der Waals surface area contributed by atoms with Gasteiger partial charge in [0.2, 0.25) is 0 Å². The summed E-state index contributed by atoms with van der Waals surface area (Å²) in [4.78, 5) is 11.8. The summed E-state index contributed by atoms with van der Waals surface area (Å²) in [6.45, 7) is 2.02. The molecule has 2 rings (SSSR count). The number of benzene rings is 2. The third-order valence-corrected chi connectivity index (χ3v) is 3.19. The van der Waals surface area contributed by atoms with Gasteiger partial charge >= 0.3 is 5.97 Å². The number of phenolic OH excluding ortho intramolecular Hbond substituents is 1. The van der Waals surface area contributed by atoms with Gasteiger partial charge in [-0.1, -0.05) is 34.1 Å². The highest BCUT2D eigenvalue weighted by Crippen LogP contribution is 2.20. The summed E-state index contributed by atoms with van der Waals surface area (Å²) in [6.07, 6.45) is 0. The van der Waals surface area contributed by atoms with E-state index in [0.29, 0.717) is 0 Å². The lowest BCUT2D eigenvalue weighted by molar-refractivity contribution is 0.0469. The van der Waals surface area contributed by atoms with Crippen LogP contribution >= 0.6 is 15.9 Å². The van der Waals surface area contributed by atoms with E-state index in [4.69, 9.17) is 4.74 Å². The van der Waals surface area contributed by atoms with Crippen molar-refractivity contribution in [1.29, 1.82) is 0 Å². The first-order valence-electron chi connectivity index (χ1n) is 5.77. The minimum atomic E-state index is -0.527. The van der Waals surface area contributed by atoms with Crippen LogP contribution < -0.4 is 0 Å². The van der Waals surface area contributed by atoms with Gasteiger partial charge in [0.1, 0.15) is 17.9 Å². The number of carbonyl (C=O) groups is 1. The van der Waals surface area contributed by atoms with Crippen LogP contribution in [0.4, 0.5) is 0 Å². The summed E-state index contributed by atoms with van der Waals surface area (Å²) >= 11 is 3.34. The van der Waals surface area contributed by atoms with E-state index < -0.39 is 5.97 Å². The van der Waals surface area contributed by atoms with E-state index >= 15 is 0 Å². The average Bonchev–Trinajstić information content (AvgIpc) is 2.37. The van der Waals surface area contributed by atoms with Gasteiger partial charge in [-0.3, -0.25) is 0 Å². The monoisotopic (exact) mass is 320 g/mol. The molecule has 0 aliphatic rings. The van der Waals surface area contributed by atoms with Crippen LogP contribution in [0.3, 0.4) is 0 Å². The van der Waals surface area contributed by atoms with E-state index in [2.05, 4.69) is 15.9 Å². The molecule has 0 atom stereocenters. The number of ether oxygens (including phenoxy) is 1. The number of aryl methyl sites for hydroxylation is 1. The van der Waals surface area contributed by atoms with E-state index in [9.17, 15) is 9.90 Å². The molecule has 0 amide bonds. The minimum Gasteiger partial charge on any atom is -0.507 e. The van der Waals surface area contributed by atoms with Crippen molar-refractivity contribution in [1.82, 2.24) is 0 Å². The van der Waals surface area contributed by atoms with Crippen molar-refractivity contribution in [3.8, 4) is 5.75 Å². The Kier molecular flexibility index (Phi) is 4.22. The molecule has 0 fully saturated rings. The van der Waals surface area contributed by atoms with E-state index in [1.165, 1.54) is 6.07 Å². The highest BCUT2D eigenvalue weighted by molar-refractivity contribution is 9.10. The maximum Gasteiger partial charge on any atom is 0.342 e. The van der Waals surface area contributed by atoms with Crippen molar-refractivity contribution < 1.29 is 14.6 Å². The minimum absolute atomic E-state index is 0.0548. The zero-order valence-corrected chi connectivity index (χ0v) is 12.0. The molecule has 2 aromatic carbocycles. The average molecular weight is 321 g/mol. The molecule has 0 heterocycles. The van der Waals surface area contributed by atoms with Crippen molar-refractivity contribution >= 4 is 21.9 Å². The second kappa shape index (κ2) is 5.89. The van der Waals surface area contributed by atoms with Gasteiger partial charge in [-0.2, -0.15) is 0 Å². The number of esters is 1. The van der Waals surface area contributed by atoms with Crippen molar-refractivity contribution in [2.45, 2.75) is 13.5 Å². The first-order valence-corrected chi connectivity index (χ1v) is 6.57. The van der Waals surface area contributed by atoms with E-state index in [1.807, 2.05) is 31.2 Å². The van der Waals surface area contributed by atoms with Crippen molar-refractivity contribution in [2.24, 2.45) is 0 Å². The number of rotatable bonds is 3. The maximum absolute atomic E-state index is 11.8. The van der Waals surface area contributed by atoms with Gasteiger partial charge in [0.15, 0.2) is 0 Å². The lowest BCUT2D eigenvalue weighted by Crippen LogP contribution is -2.05. The fraction of sp³-hybridized carbons (Fsp3) is 0.133. The standard InChI is InChI=1S/C15H13BrO3/c1-10-2-7-13(14(17)8-10)15(18)19-9-11-3-5-12(16)6-4-11/h2-8,17H,9H2,1H3. The molecule has 2 aromatic rings. The lowest BCUT2D eigenvalue weighted by atomic mass is 10.1. The van der Waals surface area contributed by atoms with Gasteiger partial charge < -0.3 is 9.84 Å². The van der Waals surface area contributed by atoms with Crippen LogP contribution in [0.25, 0.3) is 0 Å². The van der Waals surface area contributed by atoms with Crippen molar-refractivity contribution in [3.63, 3.8) is 0 Å². The summed E-state index contributed by atoms with van der Waals surface area (Å²) in [7, 11) is 0. The molecule has 0 aliphatic heterocycles. The quantitative estimate of drug-likeness (QED) is 0.874. The van der Waals surface area contributed by atoms with Crippen LogP contribution in [-0.2, 0) is 11.3 Å². The normalized spacial score (nSPS) is 10.2. The van der Waals surface area contributed by atoms with Gasteiger partial charge in [0, 0.05) is 4.47 Å². The number of aromatic hydroxyl groups is 1. The van der Waals surface area contributed by atoms with Crippen LogP contribution in [0.15, 0.2) is 46.9 Å². The molecule has 98 valence electrons. The summed E-state index contributed by atoms with van der Waals surface area (Å²) in [5.74, 6) is -0.582. The van der Waals surface area contributed by atoms with Crippen LogP contribution in [0.1, 0.15) is 21.5 Å². The second-order valence-electron chi connectivity index (χ2n) is 4.22. The number of carbonyl (C=O) groups excluding carboxylic acids is 1. The first kappa shape index (κ1) is 13.6. The van der Waals surface area contributed by atoms with Gasteiger partial charge in [-0.15, -0.1) is 0 Å². The molecule has 0 aliphatic carbocycles. The molecule has 19 heavy (non-hydrogen) atoms. The Bertz CT molecular complexity index is 591. The number of hydrogen-bond acceptors (Lipinski definition) is 3. The Hall–Kier alpha value is -1.81. The zero-order valence-electron chi connectivity index (χ0n) is 10.4. The maximum atomic E-state index is 11.8. The fourth-order valence-corrected chi connectivity index (χ4v) is 1.89. The summed E-state index contributed by atoms with van der Waals surface area (Å²) in [5, 5.41) is 9.69. The molecule has 1 N–H and O–H groups in total. The molecule has 0 aromatic heterocycles. The van der Waals surface area contributed by atoms with E-state index in [1.54, 1.807) is 12.1 Å². The number of hydrogen-bond donors (Lipinski definition) is 1. The fourth-order valence-electron chi connectivity index (χ4n) is 1.62. The molecule has 0 unspecified atom stereocenters. The predicted octanol–water partition coefficient (Wildman–Crippen LogP) is 3.82. The highest BCUT2D eigenvalue weighted by Gasteiger charge is 2.12. The number of phenols is 1. The largest absolute Gasteiger partial charge is 0.507 e. The third-order valence-electron chi connectivity index (χ3n) is 2.66.